The fourth-order valence-electron chi connectivity index (χ4n) is 2.78. The van der Waals surface area contributed by atoms with E-state index in [1.165, 1.54) is 20.3 Å². The maximum atomic E-state index is 12.7. The number of aromatic amines is 1. The Bertz CT molecular complexity index is 1170. The molecule has 0 saturated heterocycles. The SMILES string of the molecule is COc1ccc(-c2nc(NC(=O)/C=C/c3ccc(OC(F)F)cc3OC(F)F)n[nH]2)c(OC)c1. The largest absolute Gasteiger partial charge is 0.497 e. The van der Waals surface area contributed by atoms with Crippen LogP contribution in [-0.4, -0.2) is 48.5 Å². The minimum absolute atomic E-state index is 0.0238. The standard InChI is InChI=1S/C21H18F4N4O5/c1-31-12-6-7-14(16(9-12)32-2)18-27-21(29-28-18)26-17(30)8-4-11-3-5-13(33-19(22)23)10-15(11)34-20(24)25/h3-10,19-20H,1-2H3,(H2,26,27,28,29,30)/b8-4+. The molecule has 0 atom stereocenters. The number of carbonyl (C=O) groups is 1. The lowest BCUT2D eigenvalue weighted by Gasteiger charge is -2.11. The van der Waals surface area contributed by atoms with E-state index in [0.717, 1.165) is 24.3 Å². The number of alkyl halides is 4. The number of carbonyl (C=O) groups excluding carboxylic acids is 1. The first-order valence-electron chi connectivity index (χ1n) is 9.46. The highest BCUT2D eigenvalue weighted by Gasteiger charge is 2.14. The average molecular weight is 482 g/mol. The van der Waals surface area contributed by atoms with Crippen molar-refractivity contribution in [1.82, 2.24) is 15.2 Å². The number of ether oxygens (including phenoxy) is 4. The van der Waals surface area contributed by atoms with Gasteiger partial charge in [0.1, 0.15) is 23.0 Å². The third kappa shape index (κ3) is 6.37. The van der Waals surface area contributed by atoms with Gasteiger partial charge in [-0.1, -0.05) is 0 Å². The minimum atomic E-state index is -3.22. The summed E-state index contributed by atoms with van der Waals surface area (Å²) >= 11 is 0. The number of hydrogen-bond donors (Lipinski definition) is 2. The fourth-order valence-corrected chi connectivity index (χ4v) is 2.78. The molecule has 2 aromatic carbocycles. The fraction of sp³-hybridized carbons (Fsp3) is 0.190. The number of rotatable bonds is 10. The van der Waals surface area contributed by atoms with Gasteiger partial charge in [-0.15, -0.1) is 5.10 Å². The van der Waals surface area contributed by atoms with E-state index >= 15 is 0 Å². The van der Waals surface area contributed by atoms with E-state index in [2.05, 4.69) is 30.0 Å². The Hall–Kier alpha value is -4.29. The number of anilines is 1. The summed E-state index contributed by atoms with van der Waals surface area (Å²) in [6, 6.07) is 8.19. The molecular formula is C21H18F4N4O5. The Morgan fingerprint density at radius 1 is 0.971 bits per heavy atom. The second-order valence-corrected chi connectivity index (χ2v) is 6.35. The van der Waals surface area contributed by atoms with Crippen molar-refractivity contribution < 1.29 is 41.3 Å². The van der Waals surface area contributed by atoms with Crippen molar-refractivity contribution in [2.75, 3.05) is 19.5 Å². The highest BCUT2D eigenvalue weighted by Crippen LogP contribution is 2.32. The maximum absolute atomic E-state index is 12.7. The van der Waals surface area contributed by atoms with E-state index in [4.69, 9.17) is 9.47 Å². The van der Waals surface area contributed by atoms with Gasteiger partial charge in [-0.05, 0) is 30.3 Å². The molecular weight excluding hydrogens is 464 g/mol. The number of benzene rings is 2. The van der Waals surface area contributed by atoms with Gasteiger partial charge in [-0.2, -0.15) is 22.5 Å². The highest BCUT2D eigenvalue weighted by atomic mass is 19.3. The first-order valence-corrected chi connectivity index (χ1v) is 9.46. The Morgan fingerprint density at radius 3 is 2.35 bits per heavy atom. The summed E-state index contributed by atoms with van der Waals surface area (Å²) in [5.41, 5.74) is 0.586. The van der Waals surface area contributed by atoms with Crippen molar-refractivity contribution in [2.45, 2.75) is 13.2 Å². The number of aromatic nitrogens is 3. The molecule has 0 fully saturated rings. The van der Waals surface area contributed by atoms with Gasteiger partial charge in [0.2, 0.25) is 5.95 Å². The average Bonchev–Trinajstić information content (AvgIpc) is 3.25. The number of amides is 1. The van der Waals surface area contributed by atoms with Gasteiger partial charge in [0.05, 0.1) is 19.8 Å². The minimum Gasteiger partial charge on any atom is -0.497 e. The van der Waals surface area contributed by atoms with E-state index in [0.29, 0.717) is 22.9 Å². The summed E-state index contributed by atoms with van der Waals surface area (Å²) in [6.45, 7) is -6.36. The molecule has 34 heavy (non-hydrogen) atoms. The van der Waals surface area contributed by atoms with Crippen molar-refractivity contribution in [3.05, 3.63) is 48.0 Å². The number of H-pyrrole nitrogens is 1. The van der Waals surface area contributed by atoms with Gasteiger partial charge in [0.25, 0.3) is 5.91 Å². The Balaban J connectivity index is 1.73. The lowest BCUT2D eigenvalue weighted by molar-refractivity contribution is -0.111. The summed E-state index contributed by atoms with van der Waals surface area (Å²) in [4.78, 5) is 16.4. The summed E-state index contributed by atoms with van der Waals surface area (Å²) in [5, 5.41) is 8.97. The second kappa shape index (κ2) is 11.0. The molecule has 1 heterocycles. The van der Waals surface area contributed by atoms with Crippen molar-refractivity contribution in [2.24, 2.45) is 0 Å². The zero-order valence-corrected chi connectivity index (χ0v) is 17.7. The van der Waals surface area contributed by atoms with Crippen LogP contribution in [0, 0.1) is 0 Å². The number of nitrogens with zero attached hydrogens (tertiary/aromatic N) is 2. The Labute approximate surface area is 190 Å². The molecule has 0 radical (unpaired) electrons. The molecule has 0 bridgehead atoms. The molecule has 1 aromatic heterocycles. The number of nitrogens with one attached hydrogen (secondary N) is 2. The lowest BCUT2D eigenvalue weighted by Crippen LogP contribution is -2.09. The van der Waals surface area contributed by atoms with E-state index in [1.54, 1.807) is 18.2 Å². The van der Waals surface area contributed by atoms with Crippen LogP contribution in [-0.2, 0) is 4.79 Å². The quantitative estimate of drug-likeness (QED) is 0.327. The van der Waals surface area contributed by atoms with Gasteiger partial charge in [0, 0.05) is 23.8 Å². The molecule has 9 nitrogen and oxygen atoms in total. The Kier molecular flexibility index (Phi) is 7.90. The van der Waals surface area contributed by atoms with Gasteiger partial charge < -0.3 is 18.9 Å². The molecule has 0 aliphatic heterocycles. The summed E-state index contributed by atoms with van der Waals surface area (Å²) in [5.74, 6) is -0.253. The first kappa shape index (κ1) is 24.4. The third-order valence-electron chi connectivity index (χ3n) is 4.22. The summed E-state index contributed by atoms with van der Waals surface area (Å²) < 4.78 is 69.0. The molecule has 13 heteroatoms. The summed E-state index contributed by atoms with van der Waals surface area (Å²) in [7, 11) is 2.98. The van der Waals surface area contributed by atoms with E-state index in [-0.39, 0.29) is 17.3 Å². The first-order chi connectivity index (χ1) is 16.3. The van der Waals surface area contributed by atoms with Crippen LogP contribution in [0.25, 0.3) is 17.5 Å². The molecule has 0 unspecified atom stereocenters. The zero-order chi connectivity index (χ0) is 24.7. The second-order valence-electron chi connectivity index (χ2n) is 6.35. The van der Waals surface area contributed by atoms with Crippen LogP contribution in [0.5, 0.6) is 23.0 Å². The number of halogens is 4. The molecule has 3 aromatic rings. The highest BCUT2D eigenvalue weighted by molar-refractivity contribution is 6.01. The van der Waals surface area contributed by atoms with Crippen molar-refractivity contribution in [1.29, 1.82) is 0 Å². The smallest absolute Gasteiger partial charge is 0.387 e. The molecule has 0 spiro atoms. The van der Waals surface area contributed by atoms with Crippen molar-refractivity contribution >= 4 is 17.9 Å². The van der Waals surface area contributed by atoms with Gasteiger partial charge in [-0.3, -0.25) is 15.2 Å². The monoisotopic (exact) mass is 482 g/mol. The van der Waals surface area contributed by atoms with E-state index < -0.39 is 24.9 Å². The van der Waals surface area contributed by atoms with Crippen LogP contribution in [0.1, 0.15) is 5.56 Å². The van der Waals surface area contributed by atoms with Crippen LogP contribution >= 0.6 is 0 Å². The molecule has 0 aliphatic rings. The molecule has 1 amide bonds. The predicted octanol–water partition coefficient (Wildman–Crippen LogP) is 4.34. The maximum Gasteiger partial charge on any atom is 0.387 e. The molecule has 3 rings (SSSR count). The van der Waals surface area contributed by atoms with Crippen molar-refractivity contribution in [3.8, 4) is 34.4 Å². The van der Waals surface area contributed by atoms with Crippen LogP contribution in [0.4, 0.5) is 23.5 Å². The topological polar surface area (TPSA) is 108 Å². The van der Waals surface area contributed by atoms with Crippen LogP contribution < -0.4 is 24.3 Å². The molecule has 0 aliphatic carbocycles. The van der Waals surface area contributed by atoms with Crippen LogP contribution in [0.3, 0.4) is 0 Å². The Morgan fingerprint density at radius 2 is 1.68 bits per heavy atom. The van der Waals surface area contributed by atoms with E-state index in [1.807, 2.05) is 0 Å². The third-order valence-corrected chi connectivity index (χ3v) is 4.22. The number of hydrogen-bond acceptors (Lipinski definition) is 7. The number of methoxy groups -OCH3 is 2. The predicted molar refractivity (Wildman–Crippen MR) is 112 cm³/mol. The summed E-state index contributed by atoms with van der Waals surface area (Å²) in [6.07, 6.45) is 2.16. The molecule has 180 valence electrons. The van der Waals surface area contributed by atoms with Gasteiger partial charge >= 0.3 is 13.2 Å². The van der Waals surface area contributed by atoms with Gasteiger partial charge in [-0.25, -0.2) is 0 Å². The van der Waals surface area contributed by atoms with E-state index in [9.17, 15) is 22.4 Å². The van der Waals surface area contributed by atoms with Crippen molar-refractivity contribution in [3.63, 3.8) is 0 Å². The zero-order valence-electron chi connectivity index (χ0n) is 17.7. The van der Waals surface area contributed by atoms with Gasteiger partial charge in [0.15, 0.2) is 5.82 Å². The molecule has 0 saturated carbocycles. The normalized spacial score (nSPS) is 11.2. The molecule has 2 N–H and O–H groups in total. The van der Waals surface area contributed by atoms with Crippen LogP contribution in [0.15, 0.2) is 42.5 Å². The van der Waals surface area contributed by atoms with Crippen LogP contribution in [0.2, 0.25) is 0 Å². The lowest BCUT2D eigenvalue weighted by atomic mass is 10.1.